The van der Waals surface area contributed by atoms with Crippen LogP contribution in [0.3, 0.4) is 0 Å². The summed E-state index contributed by atoms with van der Waals surface area (Å²) in [5.74, 6) is 0. The normalized spacial score (nSPS) is 30.7. The van der Waals surface area contributed by atoms with Gasteiger partial charge in [0.25, 0.3) is 0 Å². The van der Waals surface area contributed by atoms with Gasteiger partial charge in [0.05, 0.1) is 6.07 Å². The molecule has 0 aromatic rings. The van der Waals surface area contributed by atoms with Crippen LogP contribution < -0.4 is 0 Å². The topological polar surface area (TPSA) is 44.0 Å². The van der Waals surface area contributed by atoms with Crippen molar-refractivity contribution >= 4 is 0 Å². The second kappa shape index (κ2) is 2.47. The van der Waals surface area contributed by atoms with Crippen LogP contribution in [-0.4, -0.2) is 10.7 Å². The van der Waals surface area contributed by atoms with Gasteiger partial charge in [0, 0.05) is 0 Å². The summed E-state index contributed by atoms with van der Waals surface area (Å²) < 4.78 is 0. The standard InChI is InChI=1S/C10H15NO/c11-8-10(12)6-4-9(5-7-10)2-1-3-9/h12H,1-7H2. The van der Waals surface area contributed by atoms with E-state index in [1.54, 1.807) is 0 Å². The molecule has 0 amide bonds. The van der Waals surface area contributed by atoms with Gasteiger partial charge in [-0.15, -0.1) is 0 Å². The van der Waals surface area contributed by atoms with E-state index in [-0.39, 0.29) is 0 Å². The molecular weight excluding hydrogens is 150 g/mol. The van der Waals surface area contributed by atoms with Crippen LogP contribution in [0.25, 0.3) is 0 Å². The third-order valence-corrected chi connectivity index (χ3v) is 3.76. The Hall–Kier alpha value is -0.550. The first kappa shape index (κ1) is 8.07. The van der Waals surface area contributed by atoms with Crippen LogP contribution in [0.15, 0.2) is 0 Å². The number of aliphatic hydroxyl groups is 1. The lowest BCUT2D eigenvalue weighted by atomic mass is 9.58. The minimum Gasteiger partial charge on any atom is -0.375 e. The summed E-state index contributed by atoms with van der Waals surface area (Å²) >= 11 is 0. The van der Waals surface area contributed by atoms with Crippen molar-refractivity contribution in [1.82, 2.24) is 0 Å². The zero-order chi connectivity index (χ0) is 8.66. The van der Waals surface area contributed by atoms with E-state index in [9.17, 15) is 5.11 Å². The van der Waals surface area contributed by atoms with Crippen molar-refractivity contribution in [3.05, 3.63) is 0 Å². The van der Waals surface area contributed by atoms with Crippen molar-refractivity contribution in [3.8, 4) is 6.07 Å². The number of hydrogen-bond acceptors (Lipinski definition) is 2. The van der Waals surface area contributed by atoms with Gasteiger partial charge in [-0.25, -0.2) is 0 Å². The predicted molar refractivity (Wildman–Crippen MR) is 45.3 cm³/mol. The van der Waals surface area contributed by atoms with Gasteiger partial charge in [0.1, 0.15) is 0 Å². The molecule has 66 valence electrons. The Morgan fingerprint density at radius 2 is 1.58 bits per heavy atom. The number of rotatable bonds is 0. The van der Waals surface area contributed by atoms with Gasteiger partial charge in [0.2, 0.25) is 0 Å². The van der Waals surface area contributed by atoms with E-state index in [1.165, 1.54) is 19.3 Å². The van der Waals surface area contributed by atoms with E-state index >= 15 is 0 Å². The maximum Gasteiger partial charge on any atom is 0.151 e. The molecule has 2 heteroatoms. The fourth-order valence-corrected chi connectivity index (χ4v) is 2.48. The molecule has 2 aliphatic carbocycles. The van der Waals surface area contributed by atoms with Crippen molar-refractivity contribution in [2.75, 3.05) is 0 Å². The molecule has 0 bridgehead atoms. The monoisotopic (exact) mass is 165 g/mol. The largest absolute Gasteiger partial charge is 0.375 e. The summed E-state index contributed by atoms with van der Waals surface area (Å²) in [6.45, 7) is 0. The second-order valence-corrected chi connectivity index (χ2v) is 4.50. The molecule has 0 saturated heterocycles. The first-order valence-corrected chi connectivity index (χ1v) is 4.82. The summed E-state index contributed by atoms with van der Waals surface area (Å²) in [5.41, 5.74) is -0.441. The summed E-state index contributed by atoms with van der Waals surface area (Å²) in [6.07, 6.45) is 7.54. The second-order valence-electron chi connectivity index (χ2n) is 4.50. The van der Waals surface area contributed by atoms with Crippen LogP contribution in [0.4, 0.5) is 0 Å². The Bertz CT molecular complexity index is 214. The fraction of sp³-hybridized carbons (Fsp3) is 0.900. The Kier molecular flexibility index (Phi) is 1.66. The molecule has 1 spiro atoms. The van der Waals surface area contributed by atoms with Gasteiger partial charge in [-0.1, -0.05) is 6.42 Å². The SMILES string of the molecule is N#CC1(O)CCC2(CCC2)CC1. The molecule has 0 aliphatic heterocycles. The van der Waals surface area contributed by atoms with Crippen LogP contribution in [-0.2, 0) is 0 Å². The molecule has 0 aromatic carbocycles. The van der Waals surface area contributed by atoms with Gasteiger partial charge in [0.15, 0.2) is 5.60 Å². The molecule has 0 radical (unpaired) electrons. The maximum absolute atomic E-state index is 9.67. The van der Waals surface area contributed by atoms with Crippen molar-refractivity contribution in [2.45, 2.75) is 50.5 Å². The van der Waals surface area contributed by atoms with E-state index in [0.29, 0.717) is 18.3 Å². The van der Waals surface area contributed by atoms with Crippen LogP contribution in [0.2, 0.25) is 0 Å². The molecule has 0 atom stereocenters. The zero-order valence-electron chi connectivity index (χ0n) is 7.34. The van der Waals surface area contributed by atoms with Crippen molar-refractivity contribution < 1.29 is 5.11 Å². The molecule has 0 heterocycles. The number of nitriles is 1. The Balaban J connectivity index is 1.98. The Morgan fingerprint density at radius 3 is 1.92 bits per heavy atom. The average molecular weight is 165 g/mol. The van der Waals surface area contributed by atoms with Crippen LogP contribution >= 0.6 is 0 Å². The minimum atomic E-state index is -0.985. The summed E-state index contributed by atoms with van der Waals surface area (Å²) in [4.78, 5) is 0. The number of hydrogen-bond donors (Lipinski definition) is 1. The molecule has 12 heavy (non-hydrogen) atoms. The van der Waals surface area contributed by atoms with Crippen molar-refractivity contribution in [2.24, 2.45) is 5.41 Å². The first-order valence-electron chi connectivity index (χ1n) is 4.82. The minimum absolute atomic E-state index is 0.545. The molecule has 1 N–H and O–H groups in total. The highest BCUT2D eigenvalue weighted by atomic mass is 16.3. The molecule has 2 fully saturated rings. The lowest BCUT2D eigenvalue weighted by Gasteiger charge is -2.47. The van der Waals surface area contributed by atoms with Crippen LogP contribution in [0.1, 0.15) is 44.9 Å². The zero-order valence-corrected chi connectivity index (χ0v) is 7.34. The molecular formula is C10H15NO. The average Bonchev–Trinajstić information content (AvgIpc) is 2.04. The molecule has 0 aromatic heterocycles. The highest BCUT2D eigenvalue weighted by molar-refractivity contribution is 5.06. The van der Waals surface area contributed by atoms with Gasteiger partial charge >= 0.3 is 0 Å². The third kappa shape index (κ3) is 1.13. The quantitative estimate of drug-likeness (QED) is 0.558. The lowest BCUT2D eigenvalue weighted by Crippen LogP contribution is -2.41. The maximum atomic E-state index is 9.67. The molecule has 2 rings (SSSR count). The van der Waals surface area contributed by atoms with Crippen molar-refractivity contribution in [3.63, 3.8) is 0 Å². The summed E-state index contributed by atoms with van der Waals surface area (Å²) in [6, 6.07) is 2.02. The van der Waals surface area contributed by atoms with E-state index in [0.717, 1.165) is 12.8 Å². The smallest absolute Gasteiger partial charge is 0.151 e. The third-order valence-electron chi connectivity index (χ3n) is 3.76. The van der Waals surface area contributed by atoms with E-state index < -0.39 is 5.60 Å². The predicted octanol–water partition coefficient (Wildman–Crippen LogP) is 1.99. The molecule has 2 aliphatic rings. The van der Waals surface area contributed by atoms with E-state index in [4.69, 9.17) is 5.26 Å². The van der Waals surface area contributed by atoms with Gasteiger partial charge in [-0.05, 0) is 43.9 Å². The summed E-state index contributed by atoms with van der Waals surface area (Å²) in [5, 5.41) is 18.4. The molecule has 2 saturated carbocycles. The lowest BCUT2D eigenvalue weighted by molar-refractivity contribution is -0.0241. The Morgan fingerprint density at radius 1 is 1.00 bits per heavy atom. The first-order chi connectivity index (χ1) is 5.68. The molecule has 0 unspecified atom stereocenters. The molecule has 2 nitrogen and oxygen atoms in total. The van der Waals surface area contributed by atoms with E-state index in [1.807, 2.05) is 6.07 Å². The van der Waals surface area contributed by atoms with Crippen LogP contribution in [0, 0.1) is 16.7 Å². The van der Waals surface area contributed by atoms with Gasteiger partial charge in [-0.2, -0.15) is 5.26 Å². The fourth-order valence-electron chi connectivity index (χ4n) is 2.48. The van der Waals surface area contributed by atoms with E-state index in [2.05, 4.69) is 0 Å². The van der Waals surface area contributed by atoms with Gasteiger partial charge < -0.3 is 5.11 Å². The Labute approximate surface area is 73.2 Å². The highest BCUT2D eigenvalue weighted by Gasteiger charge is 2.44. The summed E-state index contributed by atoms with van der Waals surface area (Å²) in [7, 11) is 0. The van der Waals surface area contributed by atoms with Gasteiger partial charge in [-0.3, -0.25) is 0 Å². The number of nitrogens with zero attached hydrogens (tertiary/aromatic N) is 1. The van der Waals surface area contributed by atoms with Crippen LogP contribution in [0.5, 0.6) is 0 Å². The highest BCUT2D eigenvalue weighted by Crippen LogP contribution is 2.53. The van der Waals surface area contributed by atoms with Crippen molar-refractivity contribution in [1.29, 1.82) is 5.26 Å².